The molecular formula is C11H18N4O2S. The van der Waals surface area contributed by atoms with Gasteiger partial charge in [-0.2, -0.15) is 0 Å². The summed E-state index contributed by atoms with van der Waals surface area (Å²) in [5.74, 6) is 0.524. The van der Waals surface area contributed by atoms with Crippen LogP contribution in [0.15, 0.2) is 11.5 Å². The van der Waals surface area contributed by atoms with Crippen molar-refractivity contribution in [2.45, 2.75) is 31.2 Å². The molecule has 1 saturated heterocycles. The highest BCUT2D eigenvalue weighted by molar-refractivity contribution is 7.99. The molecule has 7 heteroatoms. The van der Waals surface area contributed by atoms with Crippen molar-refractivity contribution in [2.75, 3.05) is 18.8 Å². The van der Waals surface area contributed by atoms with E-state index >= 15 is 0 Å². The second-order valence-electron chi connectivity index (χ2n) is 4.57. The van der Waals surface area contributed by atoms with Crippen LogP contribution in [0.1, 0.15) is 13.8 Å². The van der Waals surface area contributed by atoms with Gasteiger partial charge in [0.25, 0.3) is 0 Å². The van der Waals surface area contributed by atoms with E-state index in [0.29, 0.717) is 18.8 Å². The van der Waals surface area contributed by atoms with Crippen LogP contribution >= 0.6 is 11.8 Å². The summed E-state index contributed by atoms with van der Waals surface area (Å²) >= 11 is 1.42. The van der Waals surface area contributed by atoms with Gasteiger partial charge in [0, 0.05) is 20.1 Å². The van der Waals surface area contributed by atoms with Crippen LogP contribution in [-0.4, -0.2) is 56.6 Å². The van der Waals surface area contributed by atoms with Crippen molar-refractivity contribution in [3.63, 3.8) is 0 Å². The lowest BCUT2D eigenvalue weighted by Gasteiger charge is -2.35. The monoisotopic (exact) mass is 270 g/mol. The largest absolute Gasteiger partial charge is 0.372 e. The molecule has 0 bridgehead atoms. The van der Waals surface area contributed by atoms with E-state index in [9.17, 15) is 4.79 Å². The van der Waals surface area contributed by atoms with Gasteiger partial charge in [0.15, 0.2) is 5.16 Å². The summed E-state index contributed by atoms with van der Waals surface area (Å²) < 4.78 is 7.42. The predicted octanol–water partition coefficient (Wildman–Crippen LogP) is 0.543. The first kappa shape index (κ1) is 13.4. The predicted molar refractivity (Wildman–Crippen MR) is 68.3 cm³/mol. The van der Waals surface area contributed by atoms with Gasteiger partial charge in [0.1, 0.15) is 6.33 Å². The Labute approximate surface area is 111 Å². The van der Waals surface area contributed by atoms with Gasteiger partial charge in [-0.25, -0.2) is 0 Å². The molecule has 1 aliphatic rings. The second kappa shape index (κ2) is 5.71. The fourth-order valence-corrected chi connectivity index (χ4v) is 2.79. The maximum Gasteiger partial charge on any atom is 0.233 e. The number of ether oxygens (including phenoxy) is 1. The number of amides is 1. The topological polar surface area (TPSA) is 60.2 Å². The van der Waals surface area contributed by atoms with Gasteiger partial charge in [-0.3, -0.25) is 4.79 Å². The van der Waals surface area contributed by atoms with E-state index in [-0.39, 0.29) is 18.1 Å². The number of nitrogens with zero attached hydrogens (tertiary/aromatic N) is 4. The fourth-order valence-electron chi connectivity index (χ4n) is 2.00. The summed E-state index contributed by atoms with van der Waals surface area (Å²) in [6, 6.07) is 0. The highest BCUT2D eigenvalue weighted by Crippen LogP contribution is 2.16. The number of thioether (sulfide) groups is 1. The molecule has 18 heavy (non-hydrogen) atoms. The Hall–Kier alpha value is -1.08. The van der Waals surface area contributed by atoms with Crippen molar-refractivity contribution >= 4 is 17.7 Å². The van der Waals surface area contributed by atoms with Crippen LogP contribution in [-0.2, 0) is 16.6 Å². The first-order valence-corrected chi connectivity index (χ1v) is 6.95. The molecule has 2 atom stereocenters. The molecule has 1 aliphatic heterocycles. The van der Waals surface area contributed by atoms with Crippen LogP contribution in [0.3, 0.4) is 0 Å². The first-order valence-electron chi connectivity index (χ1n) is 5.96. The van der Waals surface area contributed by atoms with Gasteiger partial charge < -0.3 is 14.2 Å². The molecule has 6 nitrogen and oxygen atoms in total. The third kappa shape index (κ3) is 3.23. The lowest BCUT2D eigenvalue weighted by atomic mass is 10.2. The number of rotatable bonds is 3. The molecule has 2 rings (SSSR count). The van der Waals surface area contributed by atoms with Gasteiger partial charge in [0.2, 0.25) is 5.91 Å². The molecule has 0 N–H and O–H groups in total. The summed E-state index contributed by atoms with van der Waals surface area (Å²) in [4.78, 5) is 14.0. The minimum atomic E-state index is 0.109. The van der Waals surface area contributed by atoms with Crippen LogP contribution in [0, 0.1) is 0 Å². The van der Waals surface area contributed by atoms with Crippen LogP contribution in [0.5, 0.6) is 0 Å². The third-order valence-corrected chi connectivity index (χ3v) is 3.79. The van der Waals surface area contributed by atoms with Gasteiger partial charge in [-0.1, -0.05) is 11.8 Å². The molecule has 1 fully saturated rings. The molecule has 100 valence electrons. The van der Waals surface area contributed by atoms with Crippen LogP contribution in [0.4, 0.5) is 0 Å². The van der Waals surface area contributed by atoms with E-state index in [1.54, 1.807) is 6.33 Å². The van der Waals surface area contributed by atoms with Crippen LogP contribution in [0.2, 0.25) is 0 Å². The van der Waals surface area contributed by atoms with Gasteiger partial charge in [-0.05, 0) is 13.8 Å². The SMILES string of the molecule is C[C@@H]1CN(C(=O)CSc2nncn2C)C[C@H](C)O1. The average molecular weight is 270 g/mol. The lowest BCUT2D eigenvalue weighted by molar-refractivity contribution is -0.140. The van der Waals surface area contributed by atoms with Gasteiger partial charge >= 0.3 is 0 Å². The number of carbonyl (C=O) groups is 1. The standard InChI is InChI=1S/C11H18N4O2S/c1-8-4-15(5-9(2)17-8)10(16)6-18-11-13-12-7-14(11)3/h7-9H,4-6H2,1-3H3/t8-,9+. The second-order valence-corrected chi connectivity index (χ2v) is 5.51. The molecule has 1 aromatic heterocycles. The number of carbonyl (C=O) groups excluding carboxylic acids is 1. The lowest BCUT2D eigenvalue weighted by Crippen LogP contribution is -2.48. The summed E-state index contributed by atoms with van der Waals surface area (Å²) in [5, 5.41) is 8.49. The summed E-state index contributed by atoms with van der Waals surface area (Å²) in [5.41, 5.74) is 0. The van der Waals surface area contributed by atoms with Gasteiger partial charge in [0.05, 0.1) is 18.0 Å². The highest BCUT2D eigenvalue weighted by atomic mass is 32.2. The zero-order valence-electron chi connectivity index (χ0n) is 10.9. The first-order chi connectivity index (χ1) is 8.56. The zero-order chi connectivity index (χ0) is 13.1. The minimum Gasteiger partial charge on any atom is -0.372 e. The fraction of sp³-hybridized carbons (Fsp3) is 0.727. The van der Waals surface area contributed by atoms with E-state index in [0.717, 1.165) is 5.16 Å². The van der Waals surface area contributed by atoms with E-state index in [1.165, 1.54) is 11.8 Å². The van der Waals surface area contributed by atoms with Crippen molar-refractivity contribution in [1.29, 1.82) is 0 Å². The average Bonchev–Trinajstić information content (AvgIpc) is 2.70. The molecular weight excluding hydrogens is 252 g/mol. The number of morpholine rings is 1. The zero-order valence-corrected chi connectivity index (χ0v) is 11.7. The van der Waals surface area contributed by atoms with E-state index in [2.05, 4.69) is 10.2 Å². The highest BCUT2D eigenvalue weighted by Gasteiger charge is 2.25. The molecule has 0 unspecified atom stereocenters. The maximum atomic E-state index is 12.1. The molecule has 0 saturated carbocycles. The smallest absolute Gasteiger partial charge is 0.233 e. The van der Waals surface area contributed by atoms with Gasteiger partial charge in [-0.15, -0.1) is 10.2 Å². The molecule has 1 amide bonds. The Morgan fingerprint density at radius 2 is 2.17 bits per heavy atom. The van der Waals surface area contributed by atoms with E-state index < -0.39 is 0 Å². The quantitative estimate of drug-likeness (QED) is 0.750. The summed E-state index contributed by atoms with van der Waals surface area (Å²) in [6.45, 7) is 5.32. The molecule has 0 spiro atoms. The van der Waals surface area contributed by atoms with Crippen molar-refractivity contribution in [2.24, 2.45) is 7.05 Å². The minimum absolute atomic E-state index is 0.109. The normalized spacial score (nSPS) is 24.3. The van der Waals surface area contributed by atoms with E-state index in [4.69, 9.17) is 4.74 Å². The Balaban J connectivity index is 1.86. The third-order valence-electron chi connectivity index (χ3n) is 2.77. The molecule has 1 aromatic rings. The summed E-state index contributed by atoms with van der Waals surface area (Å²) in [7, 11) is 1.87. The van der Waals surface area contributed by atoms with Crippen molar-refractivity contribution in [3.8, 4) is 0 Å². The maximum absolute atomic E-state index is 12.1. The van der Waals surface area contributed by atoms with Crippen molar-refractivity contribution in [1.82, 2.24) is 19.7 Å². The number of hydrogen-bond acceptors (Lipinski definition) is 5. The number of aryl methyl sites for hydroxylation is 1. The number of hydrogen-bond donors (Lipinski definition) is 0. The molecule has 2 heterocycles. The Morgan fingerprint density at radius 1 is 1.50 bits per heavy atom. The van der Waals surface area contributed by atoms with Crippen LogP contribution < -0.4 is 0 Å². The molecule has 0 aromatic carbocycles. The molecule has 0 radical (unpaired) electrons. The Kier molecular flexibility index (Phi) is 4.23. The van der Waals surface area contributed by atoms with Crippen molar-refractivity contribution in [3.05, 3.63) is 6.33 Å². The summed E-state index contributed by atoms with van der Waals surface area (Å²) in [6.07, 6.45) is 1.85. The van der Waals surface area contributed by atoms with Crippen molar-refractivity contribution < 1.29 is 9.53 Å². The Bertz CT molecular complexity index is 413. The number of aromatic nitrogens is 3. The molecule has 0 aliphatic carbocycles. The van der Waals surface area contributed by atoms with Crippen LogP contribution in [0.25, 0.3) is 0 Å². The Morgan fingerprint density at radius 3 is 2.72 bits per heavy atom. The van der Waals surface area contributed by atoms with E-state index in [1.807, 2.05) is 30.4 Å².